The third-order valence-electron chi connectivity index (χ3n) is 7.43. The van der Waals surface area contributed by atoms with Crippen LogP contribution in [0.3, 0.4) is 0 Å². The maximum absolute atomic E-state index is 13.9. The van der Waals surface area contributed by atoms with E-state index in [2.05, 4.69) is 4.98 Å². The second kappa shape index (κ2) is 10.5. The molecule has 1 saturated heterocycles. The third kappa shape index (κ3) is 3.97. The zero-order chi connectivity index (χ0) is 27.6. The molecule has 1 aromatic heterocycles. The number of ether oxygens (including phenoxy) is 3. The first kappa shape index (κ1) is 26.4. The van der Waals surface area contributed by atoms with E-state index in [4.69, 9.17) is 14.2 Å². The largest absolute Gasteiger partial charge is 0.487 e. The molecule has 0 saturated carbocycles. The van der Waals surface area contributed by atoms with Crippen LogP contribution < -0.4 is 20.7 Å². The molecule has 9 nitrogen and oxygen atoms in total. The van der Waals surface area contributed by atoms with Gasteiger partial charge in [0.25, 0.3) is 5.56 Å². The Morgan fingerprint density at radius 3 is 1.77 bits per heavy atom. The van der Waals surface area contributed by atoms with Gasteiger partial charge in [0.2, 0.25) is 11.6 Å². The predicted octanol–water partition coefficient (Wildman–Crippen LogP) is 2.38. The number of hydrogen-bond donors (Lipinski definition) is 3. The molecular weight excluding hydrogens is 500 g/mol. The van der Waals surface area contributed by atoms with Crippen molar-refractivity contribution in [3.8, 4) is 11.6 Å². The number of aromatic nitrogens is 2. The number of nitrogens with one attached hydrogen (secondary N) is 1. The minimum absolute atomic E-state index is 0.137. The van der Waals surface area contributed by atoms with Gasteiger partial charge >= 0.3 is 5.69 Å². The molecule has 0 unspecified atom stereocenters. The normalized spacial score (nSPS) is 21.0. The molecule has 0 spiro atoms. The van der Waals surface area contributed by atoms with E-state index >= 15 is 0 Å². The average molecular weight is 531 g/mol. The van der Waals surface area contributed by atoms with Crippen LogP contribution in [0.5, 0.6) is 11.6 Å². The maximum atomic E-state index is 13.9. The van der Waals surface area contributed by atoms with Gasteiger partial charge in [0.05, 0.1) is 32.3 Å². The third-order valence-corrected chi connectivity index (χ3v) is 7.43. The molecular formula is C30H30N2O7. The molecule has 0 bridgehead atoms. The zero-order valence-corrected chi connectivity index (χ0v) is 21.6. The summed E-state index contributed by atoms with van der Waals surface area (Å²) in [6.07, 6.45) is -2.35. The molecule has 3 N–H and O–H groups in total. The minimum Gasteiger partial charge on any atom is -0.487 e. The number of methoxy groups -OCH3 is 2. The Morgan fingerprint density at radius 2 is 1.38 bits per heavy atom. The average Bonchev–Trinajstić information content (AvgIpc) is 3.31. The first-order valence-electron chi connectivity index (χ1n) is 12.6. The predicted molar refractivity (Wildman–Crippen MR) is 144 cm³/mol. The first-order chi connectivity index (χ1) is 18.9. The van der Waals surface area contributed by atoms with E-state index in [1.165, 1.54) is 18.8 Å². The highest BCUT2D eigenvalue weighted by Crippen LogP contribution is 2.57. The molecule has 0 radical (unpaired) electrons. The van der Waals surface area contributed by atoms with Gasteiger partial charge in [-0.1, -0.05) is 91.0 Å². The fourth-order valence-electron chi connectivity index (χ4n) is 5.94. The van der Waals surface area contributed by atoms with E-state index in [-0.39, 0.29) is 18.1 Å². The van der Waals surface area contributed by atoms with Gasteiger partial charge in [0, 0.05) is 6.42 Å². The van der Waals surface area contributed by atoms with Crippen molar-refractivity contribution >= 4 is 0 Å². The molecule has 1 aliphatic heterocycles. The summed E-state index contributed by atoms with van der Waals surface area (Å²) in [5.74, 6) is -0.408. The Bertz CT molecular complexity index is 1440. The summed E-state index contributed by atoms with van der Waals surface area (Å²) >= 11 is 0. The molecule has 1 aliphatic rings. The molecule has 2 heterocycles. The highest BCUT2D eigenvalue weighted by Gasteiger charge is 2.64. The summed E-state index contributed by atoms with van der Waals surface area (Å²) in [4.78, 5) is 29.0. The molecule has 3 atom stereocenters. The molecule has 1 fully saturated rings. The molecule has 5 rings (SSSR count). The summed E-state index contributed by atoms with van der Waals surface area (Å²) < 4.78 is 18.9. The number of hydrogen-bond acceptors (Lipinski definition) is 7. The molecule has 3 aromatic carbocycles. The lowest BCUT2D eigenvalue weighted by Crippen LogP contribution is -2.59. The van der Waals surface area contributed by atoms with Crippen LogP contribution in [0.1, 0.15) is 23.1 Å². The lowest BCUT2D eigenvalue weighted by molar-refractivity contribution is -0.150. The second-order valence-electron chi connectivity index (χ2n) is 9.38. The van der Waals surface area contributed by atoms with Gasteiger partial charge in [-0.15, -0.1) is 0 Å². The van der Waals surface area contributed by atoms with E-state index in [1.54, 1.807) is 0 Å². The highest BCUT2D eigenvalue weighted by molar-refractivity contribution is 5.54. The van der Waals surface area contributed by atoms with Crippen LogP contribution in [0, 0.1) is 0 Å². The van der Waals surface area contributed by atoms with Gasteiger partial charge in [0.15, 0.2) is 5.72 Å². The van der Waals surface area contributed by atoms with Crippen molar-refractivity contribution in [1.82, 2.24) is 9.55 Å². The Labute approximate surface area is 224 Å². The topological polar surface area (TPSA) is 123 Å². The highest BCUT2D eigenvalue weighted by atomic mass is 16.6. The zero-order valence-electron chi connectivity index (χ0n) is 21.6. The number of nitrogens with zero attached hydrogens (tertiary/aromatic N) is 1. The van der Waals surface area contributed by atoms with Crippen LogP contribution in [0.15, 0.2) is 101 Å². The number of aliphatic hydroxyl groups excluding tert-OH is 2. The molecule has 0 aliphatic carbocycles. The molecule has 39 heavy (non-hydrogen) atoms. The van der Waals surface area contributed by atoms with Crippen molar-refractivity contribution in [2.75, 3.05) is 20.8 Å². The summed E-state index contributed by atoms with van der Waals surface area (Å²) in [6, 6.07) is 28.5. The van der Waals surface area contributed by atoms with Crippen LogP contribution in [0.2, 0.25) is 0 Å². The maximum Gasteiger partial charge on any atom is 0.333 e. The number of aromatic amines is 1. The van der Waals surface area contributed by atoms with Crippen LogP contribution in [-0.4, -0.2) is 52.8 Å². The van der Waals surface area contributed by atoms with Gasteiger partial charge in [-0.3, -0.25) is 9.78 Å². The van der Waals surface area contributed by atoms with E-state index in [0.29, 0.717) is 0 Å². The van der Waals surface area contributed by atoms with Crippen molar-refractivity contribution in [2.45, 2.75) is 29.8 Å². The van der Waals surface area contributed by atoms with Crippen molar-refractivity contribution < 1.29 is 24.4 Å². The molecule has 202 valence electrons. The lowest BCUT2D eigenvalue weighted by Gasteiger charge is -2.50. The fourth-order valence-corrected chi connectivity index (χ4v) is 5.94. The lowest BCUT2D eigenvalue weighted by atomic mass is 9.61. The van der Waals surface area contributed by atoms with Gasteiger partial charge in [0.1, 0.15) is 6.10 Å². The molecule has 0 amide bonds. The van der Waals surface area contributed by atoms with Gasteiger partial charge in [-0.05, 0) is 16.7 Å². The van der Waals surface area contributed by atoms with Crippen molar-refractivity contribution in [3.63, 3.8) is 0 Å². The van der Waals surface area contributed by atoms with Gasteiger partial charge in [-0.2, -0.15) is 0 Å². The van der Waals surface area contributed by atoms with Gasteiger partial charge < -0.3 is 24.4 Å². The van der Waals surface area contributed by atoms with E-state index in [1.807, 2.05) is 91.0 Å². The van der Waals surface area contributed by atoms with Crippen LogP contribution in [-0.2, 0) is 15.9 Å². The van der Waals surface area contributed by atoms with Crippen molar-refractivity contribution in [3.05, 3.63) is 129 Å². The Hall–Kier alpha value is -4.18. The number of rotatable bonds is 8. The monoisotopic (exact) mass is 530 g/mol. The Morgan fingerprint density at radius 1 is 0.897 bits per heavy atom. The van der Waals surface area contributed by atoms with Crippen LogP contribution in [0.4, 0.5) is 0 Å². The van der Waals surface area contributed by atoms with E-state index < -0.39 is 41.2 Å². The smallest absolute Gasteiger partial charge is 0.333 e. The minimum atomic E-state index is -1.76. The number of benzene rings is 3. The van der Waals surface area contributed by atoms with Gasteiger partial charge in [-0.25, -0.2) is 9.36 Å². The summed E-state index contributed by atoms with van der Waals surface area (Å²) in [6.45, 7) is -0.505. The molecule has 9 heteroatoms. The van der Waals surface area contributed by atoms with Crippen molar-refractivity contribution in [1.29, 1.82) is 0 Å². The number of aliphatic hydroxyl groups is 2. The second-order valence-corrected chi connectivity index (χ2v) is 9.38. The molecule has 4 aromatic rings. The van der Waals surface area contributed by atoms with Crippen molar-refractivity contribution in [2.24, 2.45) is 0 Å². The summed E-state index contributed by atoms with van der Waals surface area (Å²) in [5, 5.41) is 21.5. The number of H-pyrrole nitrogens is 1. The first-order valence-corrected chi connectivity index (χ1v) is 12.6. The van der Waals surface area contributed by atoms with E-state index in [9.17, 15) is 19.8 Å². The van der Waals surface area contributed by atoms with E-state index in [0.717, 1.165) is 16.7 Å². The standard InChI is InChI=1S/C30H30N2O7/c1-37-25-26(35)31-28(36)32(27(25)38-2)29(18-23(34)24(19-33)39-29)30(20-12-6-3-7-13-20,21-14-8-4-9-15-21)22-16-10-5-11-17-22/h3-17,23-24,33-34H,18-19H2,1-2H3,(H,31,35,36)/t23-,24+,29-/m0/s1. The SMILES string of the molecule is COc1c(OC)n([C@@]2(C(c3ccccc3)(c3ccccc3)c3ccccc3)C[C@H](O)[C@@H](CO)O2)c(=O)[nH]c1=O. The van der Waals surface area contributed by atoms with Crippen LogP contribution in [0.25, 0.3) is 0 Å². The summed E-state index contributed by atoms with van der Waals surface area (Å²) in [7, 11) is 2.62. The quantitative estimate of drug-likeness (QED) is 0.299. The van der Waals surface area contributed by atoms with Crippen LogP contribution >= 0.6 is 0 Å². The fraction of sp³-hybridized carbons (Fsp3) is 0.267. The Balaban J connectivity index is 2.06. The summed E-state index contributed by atoms with van der Waals surface area (Å²) in [5.41, 5.74) is -2.43. The Kier molecular flexibility index (Phi) is 7.14.